The number of carbonyl (C=O) groups excluding carboxylic acids is 1. The van der Waals surface area contributed by atoms with Crippen LogP contribution >= 0.6 is 22.9 Å². The second-order valence-corrected chi connectivity index (χ2v) is 9.99. The zero-order chi connectivity index (χ0) is 27.7. The topological polar surface area (TPSA) is 112 Å². The normalized spacial score (nSPS) is 15.7. The van der Waals surface area contributed by atoms with Gasteiger partial charge in [-0.1, -0.05) is 29.0 Å². The number of carbonyl (C=O) groups is 1. The molecule has 14 heteroatoms. The molecule has 0 aliphatic heterocycles. The highest BCUT2D eigenvalue weighted by Gasteiger charge is 2.34. The van der Waals surface area contributed by atoms with E-state index in [2.05, 4.69) is 35.0 Å². The number of aromatic nitrogens is 5. The molecule has 0 spiro atoms. The van der Waals surface area contributed by atoms with Crippen molar-refractivity contribution >= 4 is 50.0 Å². The van der Waals surface area contributed by atoms with Gasteiger partial charge in [0.1, 0.15) is 10.9 Å². The Labute approximate surface area is 229 Å². The summed E-state index contributed by atoms with van der Waals surface area (Å²) in [6, 6.07) is 3.36. The first-order valence-corrected chi connectivity index (χ1v) is 12.8. The van der Waals surface area contributed by atoms with Crippen LogP contribution in [0.25, 0.3) is 27.2 Å². The van der Waals surface area contributed by atoms with Gasteiger partial charge >= 0.3 is 6.36 Å². The van der Waals surface area contributed by atoms with Crippen LogP contribution in [0.15, 0.2) is 36.8 Å². The minimum absolute atomic E-state index is 0.124. The van der Waals surface area contributed by atoms with Crippen LogP contribution in [0.4, 0.5) is 18.3 Å². The van der Waals surface area contributed by atoms with E-state index in [1.807, 2.05) is 0 Å². The molecular formula is C25H20ClF3N6O3S. The highest BCUT2D eigenvalue weighted by Crippen LogP contribution is 2.35. The van der Waals surface area contributed by atoms with Crippen LogP contribution in [0.5, 0.6) is 5.75 Å². The van der Waals surface area contributed by atoms with Gasteiger partial charge in [-0.15, -0.1) is 13.2 Å². The van der Waals surface area contributed by atoms with Crippen molar-refractivity contribution in [3.05, 3.63) is 58.9 Å². The fourth-order valence-electron chi connectivity index (χ4n) is 4.19. The molecule has 0 saturated heterocycles. The summed E-state index contributed by atoms with van der Waals surface area (Å²) in [5.41, 5.74) is 3.74. The van der Waals surface area contributed by atoms with E-state index in [1.165, 1.54) is 25.7 Å². The van der Waals surface area contributed by atoms with E-state index < -0.39 is 18.4 Å². The predicted octanol–water partition coefficient (Wildman–Crippen LogP) is 6.24. The van der Waals surface area contributed by atoms with E-state index in [9.17, 15) is 18.0 Å². The van der Waals surface area contributed by atoms with Gasteiger partial charge in [-0.25, -0.2) is 15.0 Å². The van der Waals surface area contributed by atoms with Crippen molar-refractivity contribution in [2.45, 2.75) is 38.7 Å². The third-order valence-corrected chi connectivity index (χ3v) is 7.03. The number of halogens is 4. The number of amides is 1. The molecule has 1 N–H and O–H groups in total. The Kier molecular flexibility index (Phi) is 7.47. The minimum Gasteiger partial charge on any atom is -0.494 e. The van der Waals surface area contributed by atoms with Gasteiger partial charge in [0.2, 0.25) is 0 Å². The lowest BCUT2D eigenvalue weighted by Crippen LogP contribution is -2.25. The molecular weight excluding hydrogens is 557 g/mol. The third kappa shape index (κ3) is 6.15. The molecule has 39 heavy (non-hydrogen) atoms. The summed E-state index contributed by atoms with van der Waals surface area (Å²) in [6.07, 6.45) is 1.27. The number of allylic oxidation sites excluding steroid dienone is 1. The molecule has 4 heterocycles. The molecule has 4 aromatic rings. The molecule has 1 aliphatic rings. The SMILES string of the molecule is COc1cnc(Cl)cc1-c1cc(C)ncc1C(=O)Nc1nc2ncc(C3=CCC(OC(F)(F)F)CC3)nc2s1. The van der Waals surface area contributed by atoms with Crippen molar-refractivity contribution < 1.29 is 27.4 Å². The van der Waals surface area contributed by atoms with E-state index in [0.717, 1.165) is 16.9 Å². The number of aryl methyl sites for hydroxylation is 1. The molecule has 0 saturated carbocycles. The number of hydrogen-bond acceptors (Lipinski definition) is 9. The maximum Gasteiger partial charge on any atom is 0.522 e. The van der Waals surface area contributed by atoms with Crippen molar-refractivity contribution in [3.63, 3.8) is 0 Å². The molecule has 0 bridgehead atoms. The first kappa shape index (κ1) is 26.9. The molecule has 5 rings (SSSR count). The molecule has 0 fully saturated rings. The monoisotopic (exact) mass is 576 g/mol. The van der Waals surface area contributed by atoms with Gasteiger partial charge in [-0.3, -0.25) is 19.8 Å². The number of methoxy groups -OCH3 is 1. The van der Waals surface area contributed by atoms with Crippen molar-refractivity contribution in [1.82, 2.24) is 24.9 Å². The van der Waals surface area contributed by atoms with Crippen LogP contribution in [-0.4, -0.2) is 50.4 Å². The molecule has 1 amide bonds. The lowest BCUT2D eigenvalue weighted by molar-refractivity contribution is -0.342. The maximum atomic E-state index is 13.3. The zero-order valence-electron chi connectivity index (χ0n) is 20.5. The Hall–Kier alpha value is -3.68. The van der Waals surface area contributed by atoms with Crippen molar-refractivity contribution in [2.75, 3.05) is 12.4 Å². The Morgan fingerprint density at radius 3 is 2.67 bits per heavy atom. The average molecular weight is 577 g/mol. The van der Waals surface area contributed by atoms with E-state index >= 15 is 0 Å². The Morgan fingerprint density at radius 2 is 1.95 bits per heavy atom. The van der Waals surface area contributed by atoms with Gasteiger partial charge in [-0.05, 0) is 43.9 Å². The molecule has 0 radical (unpaired) electrons. The fraction of sp³-hybridized carbons (Fsp3) is 0.280. The van der Waals surface area contributed by atoms with E-state index in [-0.39, 0.29) is 28.7 Å². The zero-order valence-corrected chi connectivity index (χ0v) is 22.1. The minimum atomic E-state index is -4.66. The van der Waals surface area contributed by atoms with Gasteiger partial charge in [0.05, 0.1) is 36.9 Å². The number of fused-ring (bicyclic) bond motifs is 1. The van der Waals surface area contributed by atoms with Crippen LogP contribution < -0.4 is 10.1 Å². The number of thiazole rings is 1. The van der Waals surface area contributed by atoms with Gasteiger partial charge in [0.15, 0.2) is 15.6 Å². The number of ether oxygens (including phenoxy) is 2. The summed E-state index contributed by atoms with van der Waals surface area (Å²) in [5.74, 6) is -0.0225. The standard InChI is InChI=1S/C25H20ClF3N6O3S/c1-12-7-15(16-8-20(26)31-11-19(16)37-2)17(9-30-12)22(36)35-24-34-21-23(39-24)33-18(10-32-21)13-3-5-14(6-4-13)38-25(27,28)29/h3,7-11,14H,4-6H2,1-2H3,(H,32,34,35,36). The molecule has 0 aromatic carbocycles. The number of rotatable bonds is 6. The van der Waals surface area contributed by atoms with E-state index in [0.29, 0.717) is 45.2 Å². The van der Waals surface area contributed by atoms with Crippen LogP contribution in [0.3, 0.4) is 0 Å². The number of nitrogens with one attached hydrogen (secondary N) is 1. The lowest BCUT2D eigenvalue weighted by atomic mass is 9.95. The third-order valence-electron chi connectivity index (χ3n) is 5.97. The van der Waals surface area contributed by atoms with Gasteiger partial charge in [0.25, 0.3) is 5.91 Å². The summed E-state index contributed by atoms with van der Waals surface area (Å²) in [6.45, 7) is 1.80. The number of hydrogen-bond donors (Lipinski definition) is 1. The van der Waals surface area contributed by atoms with Crippen LogP contribution in [0, 0.1) is 6.92 Å². The summed E-state index contributed by atoms with van der Waals surface area (Å²) < 4.78 is 47.0. The first-order valence-electron chi connectivity index (χ1n) is 11.6. The van der Waals surface area contributed by atoms with Gasteiger partial charge in [-0.2, -0.15) is 4.98 Å². The molecule has 202 valence electrons. The lowest BCUT2D eigenvalue weighted by Gasteiger charge is -2.22. The number of anilines is 1. The summed E-state index contributed by atoms with van der Waals surface area (Å²) in [5, 5.41) is 3.29. The smallest absolute Gasteiger partial charge is 0.494 e. The van der Waals surface area contributed by atoms with Crippen molar-refractivity contribution in [2.24, 2.45) is 0 Å². The summed E-state index contributed by atoms with van der Waals surface area (Å²) in [7, 11) is 1.50. The quantitative estimate of drug-likeness (QED) is 0.269. The Bertz CT molecular complexity index is 1590. The largest absolute Gasteiger partial charge is 0.522 e. The maximum absolute atomic E-state index is 13.3. The van der Waals surface area contributed by atoms with Crippen LogP contribution in [0.2, 0.25) is 5.15 Å². The molecule has 1 unspecified atom stereocenters. The highest BCUT2D eigenvalue weighted by molar-refractivity contribution is 7.21. The van der Waals surface area contributed by atoms with Gasteiger partial charge in [0, 0.05) is 23.0 Å². The van der Waals surface area contributed by atoms with Gasteiger partial charge < -0.3 is 4.74 Å². The van der Waals surface area contributed by atoms with Crippen LogP contribution in [0.1, 0.15) is 41.0 Å². The average Bonchev–Trinajstić information content (AvgIpc) is 3.29. The van der Waals surface area contributed by atoms with E-state index in [4.69, 9.17) is 16.3 Å². The number of pyridine rings is 2. The Balaban J connectivity index is 1.38. The fourth-order valence-corrected chi connectivity index (χ4v) is 5.14. The number of nitrogens with zero attached hydrogens (tertiary/aromatic N) is 5. The first-order chi connectivity index (χ1) is 18.6. The highest BCUT2D eigenvalue weighted by atomic mass is 35.5. The van der Waals surface area contributed by atoms with Crippen LogP contribution in [-0.2, 0) is 4.74 Å². The van der Waals surface area contributed by atoms with Crippen molar-refractivity contribution in [3.8, 4) is 16.9 Å². The summed E-state index contributed by atoms with van der Waals surface area (Å²) in [4.78, 5) is 35.3. The molecule has 9 nitrogen and oxygen atoms in total. The molecule has 1 aliphatic carbocycles. The molecule has 4 aromatic heterocycles. The second-order valence-electron chi connectivity index (χ2n) is 8.63. The number of alkyl halides is 3. The predicted molar refractivity (Wildman–Crippen MR) is 140 cm³/mol. The molecule has 1 atom stereocenters. The van der Waals surface area contributed by atoms with Crippen molar-refractivity contribution in [1.29, 1.82) is 0 Å². The second kappa shape index (κ2) is 10.8. The van der Waals surface area contributed by atoms with E-state index in [1.54, 1.807) is 25.1 Å². The summed E-state index contributed by atoms with van der Waals surface area (Å²) >= 11 is 7.24. The Morgan fingerprint density at radius 1 is 1.13 bits per heavy atom.